The van der Waals surface area contributed by atoms with Crippen LogP contribution in [0.4, 0.5) is 0 Å². The molecule has 0 radical (unpaired) electrons. The Morgan fingerprint density at radius 2 is 1.94 bits per heavy atom. The lowest BCUT2D eigenvalue weighted by molar-refractivity contribution is 0.221. The average molecular weight is 418 g/mol. The summed E-state index contributed by atoms with van der Waals surface area (Å²) in [4.78, 5) is 7.12. The van der Waals surface area contributed by atoms with Crippen molar-refractivity contribution in [3.05, 3.63) is 47.3 Å². The van der Waals surface area contributed by atoms with Crippen molar-refractivity contribution in [1.82, 2.24) is 35.0 Å². The van der Waals surface area contributed by atoms with Crippen LogP contribution in [-0.2, 0) is 13.6 Å². The Bertz CT molecular complexity index is 1200. The van der Waals surface area contributed by atoms with E-state index in [0.29, 0.717) is 17.4 Å². The lowest BCUT2D eigenvalue weighted by Crippen LogP contribution is -2.29. The molecule has 4 aromatic rings. The van der Waals surface area contributed by atoms with Crippen LogP contribution in [0.15, 0.2) is 34.9 Å². The molecule has 1 N–H and O–H groups in total. The monoisotopic (exact) mass is 417 g/mol. The molecule has 1 fully saturated rings. The second kappa shape index (κ2) is 8.11. The van der Waals surface area contributed by atoms with E-state index in [2.05, 4.69) is 48.5 Å². The molecule has 0 atom stereocenters. The summed E-state index contributed by atoms with van der Waals surface area (Å²) in [6.45, 7) is 7.33. The second-order valence-corrected chi connectivity index (χ2v) is 8.30. The number of aromatic amines is 1. The molecular formula is C23H27N7O. The highest BCUT2D eigenvalue weighted by molar-refractivity contribution is 5.69. The summed E-state index contributed by atoms with van der Waals surface area (Å²) in [5.74, 6) is 1.01. The lowest BCUT2D eigenvalue weighted by atomic mass is 10.1. The Morgan fingerprint density at radius 3 is 2.71 bits per heavy atom. The van der Waals surface area contributed by atoms with Crippen LogP contribution in [-0.4, -0.2) is 48.1 Å². The number of piperidine rings is 1. The molecule has 160 valence electrons. The van der Waals surface area contributed by atoms with E-state index in [-0.39, 0.29) is 0 Å². The highest BCUT2D eigenvalue weighted by Gasteiger charge is 2.18. The molecule has 1 saturated heterocycles. The van der Waals surface area contributed by atoms with Gasteiger partial charge in [-0.25, -0.2) is 0 Å². The summed E-state index contributed by atoms with van der Waals surface area (Å²) in [6.07, 6.45) is 3.92. The molecule has 1 aliphatic rings. The molecule has 0 bridgehead atoms. The smallest absolute Gasteiger partial charge is 0.276 e. The predicted molar refractivity (Wildman–Crippen MR) is 118 cm³/mol. The Morgan fingerprint density at radius 1 is 1.10 bits per heavy atom. The SMILES string of the molecule is Cc1nn(C)c(C)c1-c1cc(-c2nc(-c3cccc(CN4CCCCC4)c3)no2)[nH]n1. The van der Waals surface area contributed by atoms with Gasteiger partial charge in [0.25, 0.3) is 5.89 Å². The molecule has 0 spiro atoms. The van der Waals surface area contributed by atoms with Gasteiger partial charge in [0.05, 0.1) is 11.4 Å². The second-order valence-electron chi connectivity index (χ2n) is 8.30. The minimum absolute atomic E-state index is 0.425. The summed E-state index contributed by atoms with van der Waals surface area (Å²) >= 11 is 0. The number of benzene rings is 1. The molecule has 0 aliphatic carbocycles. The van der Waals surface area contributed by atoms with Crippen molar-refractivity contribution in [2.75, 3.05) is 13.1 Å². The molecule has 0 unspecified atom stereocenters. The molecule has 1 aromatic carbocycles. The van der Waals surface area contributed by atoms with Gasteiger partial charge in [-0.05, 0) is 57.5 Å². The van der Waals surface area contributed by atoms with Gasteiger partial charge < -0.3 is 4.52 Å². The van der Waals surface area contributed by atoms with E-state index in [4.69, 9.17) is 4.52 Å². The molecular weight excluding hydrogens is 390 g/mol. The zero-order valence-corrected chi connectivity index (χ0v) is 18.2. The summed E-state index contributed by atoms with van der Waals surface area (Å²) in [7, 11) is 1.93. The van der Waals surface area contributed by atoms with Gasteiger partial charge in [-0.15, -0.1) is 0 Å². The van der Waals surface area contributed by atoms with Crippen LogP contribution in [0.25, 0.3) is 34.2 Å². The number of aromatic nitrogens is 6. The number of rotatable bonds is 5. The summed E-state index contributed by atoms with van der Waals surface area (Å²) in [5, 5.41) is 16.2. The molecule has 1 aliphatic heterocycles. The van der Waals surface area contributed by atoms with Crippen molar-refractivity contribution in [3.8, 4) is 34.2 Å². The topological polar surface area (TPSA) is 88.7 Å². The van der Waals surface area contributed by atoms with Crippen LogP contribution in [0.5, 0.6) is 0 Å². The van der Waals surface area contributed by atoms with Gasteiger partial charge in [0.2, 0.25) is 5.82 Å². The largest absolute Gasteiger partial charge is 0.332 e. The Hall–Kier alpha value is -3.26. The van der Waals surface area contributed by atoms with E-state index in [9.17, 15) is 0 Å². The van der Waals surface area contributed by atoms with Gasteiger partial charge in [-0.1, -0.05) is 29.8 Å². The number of nitrogens with one attached hydrogen (secondary N) is 1. The fraction of sp³-hybridized carbons (Fsp3) is 0.391. The molecule has 0 amide bonds. The molecule has 5 rings (SSSR count). The molecule has 3 aromatic heterocycles. The van der Waals surface area contributed by atoms with Crippen LogP contribution < -0.4 is 0 Å². The third-order valence-electron chi connectivity index (χ3n) is 6.04. The Labute approximate surface area is 181 Å². The average Bonchev–Trinajstić information content (AvgIpc) is 3.49. The Balaban J connectivity index is 1.37. The van der Waals surface area contributed by atoms with Gasteiger partial charge in [-0.3, -0.25) is 14.7 Å². The normalized spacial score (nSPS) is 14.9. The van der Waals surface area contributed by atoms with Crippen LogP contribution in [0.3, 0.4) is 0 Å². The molecule has 31 heavy (non-hydrogen) atoms. The van der Waals surface area contributed by atoms with E-state index in [1.54, 1.807) is 0 Å². The van der Waals surface area contributed by atoms with Crippen molar-refractivity contribution in [2.24, 2.45) is 7.05 Å². The minimum atomic E-state index is 0.425. The molecule has 8 nitrogen and oxygen atoms in total. The fourth-order valence-corrected chi connectivity index (χ4v) is 4.34. The van der Waals surface area contributed by atoms with Gasteiger partial charge in [0.1, 0.15) is 5.69 Å². The van der Waals surface area contributed by atoms with Crippen LogP contribution in [0, 0.1) is 13.8 Å². The van der Waals surface area contributed by atoms with Crippen LogP contribution in [0.1, 0.15) is 36.2 Å². The zero-order valence-electron chi connectivity index (χ0n) is 18.2. The maximum absolute atomic E-state index is 5.55. The van der Waals surface area contributed by atoms with Crippen molar-refractivity contribution in [3.63, 3.8) is 0 Å². The Kier molecular flexibility index (Phi) is 5.15. The number of likely N-dealkylation sites (tertiary alicyclic amines) is 1. The van der Waals surface area contributed by atoms with Gasteiger partial charge in [0.15, 0.2) is 0 Å². The summed E-state index contributed by atoms with van der Waals surface area (Å²) in [6, 6.07) is 10.3. The van der Waals surface area contributed by atoms with E-state index in [0.717, 1.165) is 34.8 Å². The van der Waals surface area contributed by atoms with E-state index in [1.807, 2.05) is 37.7 Å². The van der Waals surface area contributed by atoms with Crippen LogP contribution >= 0.6 is 0 Å². The van der Waals surface area contributed by atoms with Crippen molar-refractivity contribution in [1.29, 1.82) is 0 Å². The predicted octanol–water partition coefficient (Wildman–Crippen LogP) is 4.13. The van der Waals surface area contributed by atoms with Crippen molar-refractivity contribution in [2.45, 2.75) is 39.7 Å². The van der Waals surface area contributed by atoms with E-state index in [1.165, 1.54) is 37.9 Å². The molecule has 0 saturated carbocycles. The third kappa shape index (κ3) is 3.90. The van der Waals surface area contributed by atoms with Crippen molar-refractivity contribution < 1.29 is 4.52 Å². The lowest BCUT2D eigenvalue weighted by Gasteiger charge is -2.26. The minimum Gasteiger partial charge on any atom is -0.332 e. The first kappa shape index (κ1) is 19.7. The first-order valence-corrected chi connectivity index (χ1v) is 10.8. The van der Waals surface area contributed by atoms with E-state index >= 15 is 0 Å². The number of H-pyrrole nitrogens is 1. The maximum Gasteiger partial charge on any atom is 0.276 e. The number of nitrogens with zero attached hydrogens (tertiary/aromatic N) is 6. The number of hydrogen-bond acceptors (Lipinski definition) is 6. The molecule has 4 heterocycles. The summed E-state index contributed by atoms with van der Waals surface area (Å²) in [5.41, 5.74) is 6.78. The standard InChI is InChI=1S/C23H27N7O/c1-15-21(16(2)29(3)27-15)19-13-20(26-25-19)23-24-22(28-31-23)18-9-7-8-17(12-18)14-30-10-5-4-6-11-30/h7-9,12-13H,4-6,10-11,14H2,1-3H3,(H,25,26). The van der Waals surface area contributed by atoms with Crippen LogP contribution in [0.2, 0.25) is 0 Å². The summed E-state index contributed by atoms with van der Waals surface area (Å²) < 4.78 is 7.41. The highest BCUT2D eigenvalue weighted by atomic mass is 16.5. The maximum atomic E-state index is 5.55. The number of hydrogen-bond donors (Lipinski definition) is 1. The first-order valence-electron chi connectivity index (χ1n) is 10.8. The van der Waals surface area contributed by atoms with Gasteiger partial charge in [-0.2, -0.15) is 15.2 Å². The van der Waals surface area contributed by atoms with E-state index < -0.39 is 0 Å². The fourth-order valence-electron chi connectivity index (χ4n) is 4.34. The third-order valence-corrected chi connectivity index (χ3v) is 6.04. The van der Waals surface area contributed by atoms with Crippen molar-refractivity contribution >= 4 is 0 Å². The quantitative estimate of drug-likeness (QED) is 0.525. The number of aryl methyl sites for hydroxylation is 2. The first-order chi connectivity index (χ1) is 15.1. The zero-order chi connectivity index (χ0) is 21.4. The van der Waals surface area contributed by atoms with Gasteiger partial charge >= 0.3 is 0 Å². The van der Waals surface area contributed by atoms with Gasteiger partial charge in [0, 0.05) is 30.4 Å². The highest BCUT2D eigenvalue weighted by Crippen LogP contribution is 2.29. The molecule has 8 heteroatoms.